The summed E-state index contributed by atoms with van der Waals surface area (Å²) in [6, 6.07) is 11.7. The van der Waals surface area contributed by atoms with E-state index in [1.165, 1.54) is 50.4 Å². The van der Waals surface area contributed by atoms with E-state index in [2.05, 4.69) is 14.8 Å². The summed E-state index contributed by atoms with van der Waals surface area (Å²) in [5.41, 5.74) is 1.02. The Labute approximate surface area is 139 Å². The Morgan fingerprint density at radius 1 is 1.00 bits per heavy atom. The van der Waals surface area contributed by atoms with Crippen LogP contribution in [0.3, 0.4) is 0 Å². The number of esters is 1. The zero-order valence-electron chi connectivity index (χ0n) is 13.1. The SMILES string of the molecule is COC(=O)c1cccc(S(=O)(=O)Nc2ccc(NC(C)=O)cc2)c1. The number of amides is 1. The molecule has 0 spiro atoms. The van der Waals surface area contributed by atoms with Crippen LogP contribution in [0.5, 0.6) is 0 Å². The third-order valence-electron chi connectivity index (χ3n) is 3.02. The topological polar surface area (TPSA) is 102 Å². The van der Waals surface area contributed by atoms with Crippen LogP contribution in [0.2, 0.25) is 0 Å². The van der Waals surface area contributed by atoms with E-state index in [1.54, 1.807) is 12.1 Å². The number of sulfonamides is 1. The Bertz CT molecular complexity index is 860. The van der Waals surface area contributed by atoms with Gasteiger partial charge in [-0.25, -0.2) is 13.2 Å². The molecule has 0 aliphatic rings. The lowest BCUT2D eigenvalue weighted by molar-refractivity contribution is -0.114. The molecule has 0 aliphatic heterocycles. The smallest absolute Gasteiger partial charge is 0.337 e. The van der Waals surface area contributed by atoms with Gasteiger partial charge in [-0.1, -0.05) is 6.07 Å². The molecule has 0 heterocycles. The lowest BCUT2D eigenvalue weighted by atomic mass is 10.2. The van der Waals surface area contributed by atoms with Crippen molar-refractivity contribution in [3.05, 3.63) is 54.1 Å². The number of rotatable bonds is 5. The lowest BCUT2D eigenvalue weighted by Gasteiger charge is -2.10. The summed E-state index contributed by atoms with van der Waals surface area (Å²) in [7, 11) is -2.64. The van der Waals surface area contributed by atoms with E-state index in [0.717, 1.165) is 0 Å². The van der Waals surface area contributed by atoms with Crippen LogP contribution in [-0.4, -0.2) is 27.4 Å². The molecule has 0 aliphatic carbocycles. The maximum atomic E-state index is 12.4. The number of anilines is 2. The minimum absolute atomic E-state index is 0.0589. The van der Waals surface area contributed by atoms with Gasteiger partial charge in [0, 0.05) is 18.3 Å². The lowest BCUT2D eigenvalue weighted by Crippen LogP contribution is -2.14. The minimum Gasteiger partial charge on any atom is -0.465 e. The summed E-state index contributed by atoms with van der Waals surface area (Å²) < 4.78 is 31.8. The molecular formula is C16H16N2O5S. The minimum atomic E-state index is -3.86. The highest BCUT2D eigenvalue weighted by Gasteiger charge is 2.16. The van der Waals surface area contributed by atoms with Crippen LogP contribution in [0.15, 0.2) is 53.4 Å². The monoisotopic (exact) mass is 348 g/mol. The van der Waals surface area contributed by atoms with Gasteiger partial charge in [0.15, 0.2) is 0 Å². The summed E-state index contributed by atoms with van der Waals surface area (Å²) in [6.07, 6.45) is 0. The molecule has 2 aromatic carbocycles. The standard InChI is InChI=1S/C16H16N2O5S/c1-11(19)17-13-6-8-14(9-7-13)18-24(21,22)15-5-3-4-12(10-15)16(20)23-2/h3-10,18H,1-2H3,(H,17,19). The molecule has 0 atom stereocenters. The van der Waals surface area contributed by atoms with E-state index < -0.39 is 16.0 Å². The van der Waals surface area contributed by atoms with Crippen molar-refractivity contribution in [2.45, 2.75) is 11.8 Å². The van der Waals surface area contributed by atoms with E-state index >= 15 is 0 Å². The van der Waals surface area contributed by atoms with Crippen molar-refractivity contribution in [2.75, 3.05) is 17.1 Å². The quantitative estimate of drug-likeness (QED) is 0.807. The number of benzene rings is 2. The second-order valence-electron chi connectivity index (χ2n) is 4.88. The van der Waals surface area contributed by atoms with Gasteiger partial charge in [0.05, 0.1) is 17.6 Å². The molecule has 8 heteroatoms. The number of carbonyl (C=O) groups is 2. The molecule has 2 N–H and O–H groups in total. The normalized spacial score (nSPS) is 10.8. The van der Waals surface area contributed by atoms with Gasteiger partial charge in [-0.15, -0.1) is 0 Å². The van der Waals surface area contributed by atoms with Crippen molar-refractivity contribution in [2.24, 2.45) is 0 Å². The van der Waals surface area contributed by atoms with Crippen LogP contribution in [0.25, 0.3) is 0 Å². The number of carbonyl (C=O) groups excluding carboxylic acids is 2. The Kier molecular flexibility index (Phi) is 5.20. The van der Waals surface area contributed by atoms with Crippen LogP contribution < -0.4 is 10.0 Å². The molecule has 0 saturated carbocycles. The molecule has 24 heavy (non-hydrogen) atoms. The third kappa shape index (κ3) is 4.32. The second-order valence-corrected chi connectivity index (χ2v) is 6.57. The molecule has 0 saturated heterocycles. The zero-order chi connectivity index (χ0) is 17.7. The molecule has 126 valence electrons. The summed E-state index contributed by atoms with van der Waals surface area (Å²) in [5, 5.41) is 2.59. The van der Waals surface area contributed by atoms with Crippen molar-refractivity contribution >= 4 is 33.3 Å². The van der Waals surface area contributed by atoms with Crippen LogP contribution >= 0.6 is 0 Å². The van der Waals surface area contributed by atoms with E-state index in [0.29, 0.717) is 11.4 Å². The number of ether oxygens (including phenoxy) is 1. The maximum Gasteiger partial charge on any atom is 0.337 e. The van der Waals surface area contributed by atoms with E-state index in [4.69, 9.17) is 0 Å². The number of hydrogen-bond donors (Lipinski definition) is 2. The summed E-state index contributed by atoms with van der Waals surface area (Å²) in [6.45, 7) is 1.38. The Balaban J connectivity index is 2.22. The fourth-order valence-electron chi connectivity index (χ4n) is 1.95. The Hall–Kier alpha value is -2.87. The van der Waals surface area contributed by atoms with Crippen molar-refractivity contribution in [3.63, 3.8) is 0 Å². The molecule has 2 rings (SSSR count). The predicted molar refractivity (Wildman–Crippen MR) is 89.3 cm³/mol. The van der Waals surface area contributed by atoms with Gasteiger partial charge < -0.3 is 10.1 Å². The molecular weight excluding hydrogens is 332 g/mol. The van der Waals surface area contributed by atoms with Gasteiger partial charge >= 0.3 is 5.97 Å². The van der Waals surface area contributed by atoms with Gasteiger partial charge in [0.2, 0.25) is 5.91 Å². The second kappa shape index (κ2) is 7.14. The van der Waals surface area contributed by atoms with Crippen molar-refractivity contribution in [1.29, 1.82) is 0 Å². The molecule has 0 bridgehead atoms. The number of nitrogens with one attached hydrogen (secondary N) is 2. The highest BCUT2D eigenvalue weighted by atomic mass is 32.2. The van der Waals surface area contributed by atoms with Gasteiger partial charge in [-0.2, -0.15) is 0 Å². The first-order chi connectivity index (χ1) is 11.3. The zero-order valence-corrected chi connectivity index (χ0v) is 13.9. The first kappa shape index (κ1) is 17.5. The van der Waals surface area contributed by atoms with Crippen LogP contribution in [0.1, 0.15) is 17.3 Å². The van der Waals surface area contributed by atoms with Crippen LogP contribution in [-0.2, 0) is 19.6 Å². The molecule has 0 unspecified atom stereocenters. The van der Waals surface area contributed by atoms with Gasteiger partial charge in [-0.05, 0) is 42.5 Å². The first-order valence-electron chi connectivity index (χ1n) is 6.90. The third-order valence-corrected chi connectivity index (χ3v) is 4.40. The number of methoxy groups -OCH3 is 1. The predicted octanol–water partition coefficient (Wildman–Crippen LogP) is 2.23. The number of hydrogen-bond acceptors (Lipinski definition) is 5. The van der Waals surface area contributed by atoms with E-state index in [9.17, 15) is 18.0 Å². The van der Waals surface area contributed by atoms with Crippen molar-refractivity contribution in [3.8, 4) is 0 Å². The van der Waals surface area contributed by atoms with Crippen molar-refractivity contribution < 1.29 is 22.7 Å². The van der Waals surface area contributed by atoms with E-state index in [1.807, 2.05) is 0 Å². The highest BCUT2D eigenvalue weighted by Crippen LogP contribution is 2.19. The molecule has 0 radical (unpaired) electrons. The summed E-state index contributed by atoms with van der Waals surface area (Å²) >= 11 is 0. The average Bonchev–Trinajstić information content (AvgIpc) is 2.55. The maximum absolute atomic E-state index is 12.4. The fourth-order valence-corrected chi connectivity index (χ4v) is 3.05. The largest absolute Gasteiger partial charge is 0.465 e. The molecule has 2 aromatic rings. The molecule has 1 amide bonds. The summed E-state index contributed by atoms with van der Waals surface area (Å²) in [5.74, 6) is -0.838. The molecule has 7 nitrogen and oxygen atoms in total. The van der Waals surface area contributed by atoms with Gasteiger partial charge in [0.1, 0.15) is 0 Å². The van der Waals surface area contributed by atoms with E-state index in [-0.39, 0.29) is 16.4 Å². The Morgan fingerprint density at radius 3 is 2.21 bits per heavy atom. The summed E-state index contributed by atoms with van der Waals surface area (Å²) in [4.78, 5) is 22.4. The van der Waals surface area contributed by atoms with Gasteiger partial charge in [0.25, 0.3) is 10.0 Å². The van der Waals surface area contributed by atoms with Crippen LogP contribution in [0.4, 0.5) is 11.4 Å². The Morgan fingerprint density at radius 2 is 1.62 bits per heavy atom. The average molecular weight is 348 g/mol. The first-order valence-corrected chi connectivity index (χ1v) is 8.39. The highest BCUT2D eigenvalue weighted by molar-refractivity contribution is 7.92. The fraction of sp³-hybridized carbons (Fsp3) is 0.125. The van der Waals surface area contributed by atoms with Crippen molar-refractivity contribution in [1.82, 2.24) is 0 Å². The van der Waals surface area contributed by atoms with Crippen LogP contribution in [0, 0.1) is 0 Å². The molecule has 0 aromatic heterocycles. The molecule has 0 fully saturated rings. The van der Waals surface area contributed by atoms with Gasteiger partial charge in [-0.3, -0.25) is 9.52 Å².